The molecule has 4 aromatic carbocycles. The summed E-state index contributed by atoms with van der Waals surface area (Å²) in [5.41, 5.74) is 4.99. The SMILES string of the molecule is Cc1ncc(-c2ccc3ccc(CC(=O)c4ccc(OCc5ccccc5)cc4)cc3c2)n1C. The third-order valence-electron chi connectivity index (χ3n) is 6.21. The Morgan fingerprint density at radius 1 is 0.853 bits per heavy atom. The van der Waals surface area contributed by atoms with E-state index in [4.69, 9.17) is 4.74 Å². The second kappa shape index (κ2) is 9.36. The number of benzene rings is 4. The standard InChI is InChI=1S/C30H26N2O2/c1-21-31-19-29(32(21)2)26-11-10-24-9-8-23(16-27(24)18-26)17-30(33)25-12-14-28(15-13-25)34-20-22-6-4-3-5-7-22/h3-16,18-19H,17,20H2,1-2H3. The van der Waals surface area contributed by atoms with Gasteiger partial charge < -0.3 is 9.30 Å². The van der Waals surface area contributed by atoms with Crippen molar-refractivity contribution in [2.24, 2.45) is 7.05 Å². The van der Waals surface area contributed by atoms with Crippen LogP contribution in [-0.4, -0.2) is 15.3 Å². The molecular formula is C30H26N2O2. The first kappa shape index (κ1) is 21.7. The smallest absolute Gasteiger partial charge is 0.167 e. The van der Waals surface area contributed by atoms with E-state index < -0.39 is 0 Å². The minimum absolute atomic E-state index is 0.0902. The molecule has 0 fully saturated rings. The van der Waals surface area contributed by atoms with Crippen molar-refractivity contribution in [2.75, 3.05) is 0 Å². The molecular weight excluding hydrogens is 420 g/mol. The van der Waals surface area contributed by atoms with Gasteiger partial charge in [-0.05, 0) is 59.2 Å². The first-order valence-electron chi connectivity index (χ1n) is 11.4. The van der Waals surface area contributed by atoms with Gasteiger partial charge in [0.2, 0.25) is 0 Å². The average molecular weight is 447 g/mol. The number of ketones is 1. The third-order valence-corrected chi connectivity index (χ3v) is 6.21. The molecule has 0 amide bonds. The molecule has 0 spiro atoms. The summed E-state index contributed by atoms with van der Waals surface area (Å²) in [6.07, 6.45) is 2.26. The van der Waals surface area contributed by atoms with Gasteiger partial charge >= 0.3 is 0 Å². The maximum absolute atomic E-state index is 12.9. The van der Waals surface area contributed by atoms with Gasteiger partial charge in [0, 0.05) is 24.6 Å². The van der Waals surface area contributed by atoms with E-state index in [1.165, 1.54) is 0 Å². The van der Waals surface area contributed by atoms with E-state index in [1.807, 2.05) is 80.8 Å². The number of carbonyl (C=O) groups is 1. The number of aromatic nitrogens is 2. The third kappa shape index (κ3) is 4.62. The monoisotopic (exact) mass is 446 g/mol. The van der Waals surface area contributed by atoms with Crippen LogP contribution in [0.4, 0.5) is 0 Å². The van der Waals surface area contributed by atoms with Gasteiger partial charge in [0.15, 0.2) is 5.78 Å². The summed E-state index contributed by atoms with van der Waals surface area (Å²) in [7, 11) is 2.02. The predicted octanol–water partition coefficient (Wildman–Crippen LogP) is 6.55. The molecule has 0 aliphatic rings. The van der Waals surface area contributed by atoms with Crippen LogP contribution in [0.15, 0.2) is 97.2 Å². The topological polar surface area (TPSA) is 44.1 Å². The maximum atomic E-state index is 12.9. The summed E-state index contributed by atoms with van der Waals surface area (Å²) in [6, 6.07) is 30.1. The van der Waals surface area contributed by atoms with Crippen molar-refractivity contribution in [1.29, 1.82) is 0 Å². The second-order valence-corrected chi connectivity index (χ2v) is 8.54. The highest BCUT2D eigenvalue weighted by molar-refractivity contribution is 5.98. The van der Waals surface area contributed by atoms with E-state index in [9.17, 15) is 4.79 Å². The van der Waals surface area contributed by atoms with Gasteiger partial charge in [0.1, 0.15) is 18.2 Å². The van der Waals surface area contributed by atoms with Gasteiger partial charge in [0.25, 0.3) is 0 Å². The fourth-order valence-corrected chi connectivity index (χ4v) is 4.10. The first-order chi connectivity index (χ1) is 16.6. The van der Waals surface area contributed by atoms with Crippen LogP contribution in [0.25, 0.3) is 22.0 Å². The molecule has 4 nitrogen and oxygen atoms in total. The lowest BCUT2D eigenvalue weighted by molar-refractivity contribution is 0.0993. The number of nitrogens with zero attached hydrogens (tertiary/aromatic N) is 2. The van der Waals surface area contributed by atoms with Crippen molar-refractivity contribution < 1.29 is 9.53 Å². The molecule has 0 unspecified atom stereocenters. The highest BCUT2D eigenvalue weighted by Crippen LogP contribution is 2.26. The molecule has 5 aromatic rings. The number of imidazole rings is 1. The highest BCUT2D eigenvalue weighted by atomic mass is 16.5. The predicted molar refractivity (Wildman–Crippen MR) is 136 cm³/mol. The lowest BCUT2D eigenvalue weighted by atomic mass is 9.98. The molecule has 0 N–H and O–H groups in total. The lowest BCUT2D eigenvalue weighted by Gasteiger charge is -2.09. The van der Waals surface area contributed by atoms with Crippen molar-refractivity contribution in [3.05, 3.63) is 120 Å². The largest absolute Gasteiger partial charge is 0.489 e. The van der Waals surface area contributed by atoms with Crippen LogP contribution >= 0.6 is 0 Å². The van der Waals surface area contributed by atoms with E-state index >= 15 is 0 Å². The number of ether oxygens (including phenoxy) is 1. The number of aryl methyl sites for hydroxylation is 1. The molecule has 0 saturated carbocycles. The summed E-state index contributed by atoms with van der Waals surface area (Å²) >= 11 is 0. The number of hydrogen-bond acceptors (Lipinski definition) is 3. The van der Waals surface area contributed by atoms with E-state index in [1.54, 1.807) is 0 Å². The quantitative estimate of drug-likeness (QED) is 0.266. The normalized spacial score (nSPS) is 11.0. The van der Waals surface area contributed by atoms with Crippen LogP contribution in [0.3, 0.4) is 0 Å². The summed E-state index contributed by atoms with van der Waals surface area (Å²) in [5, 5.41) is 2.27. The molecule has 1 heterocycles. The van der Waals surface area contributed by atoms with Gasteiger partial charge in [-0.15, -0.1) is 0 Å². The summed E-state index contributed by atoms with van der Waals surface area (Å²) in [5.74, 6) is 1.82. The number of fused-ring (bicyclic) bond motifs is 1. The molecule has 0 saturated heterocycles. The molecule has 4 heteroatoms. The van der Waals surface area contributed by atoms with Crippen molar-refractivity contribution in [3.8, 4) is 17.0 Å². The van der Waals surface area contributed by atoms with Crippen LogP contribution in [0.1, 0.15) is 27.3 Å². The molecule has 0 atom stereocenters. The summed E-state index contributed by atoms with van der Waals surface area (Å²) in [4.78, 5) is 17.3. The van der Waals surface area contributed by atoms with Gasteiger partial charge in [-0.1, -0.05) is 60.7 Å². The Morgan fingerprint density at radius 3 is 2.35 bits per heavy atom. The maximum Gasteiger partial charge on any atom is 0.167 e. The Bertz CT molecular complexity index is 1450. The van der Waals surface area contributed by atoms with Crippen molar-refractivity contribution in [1.82, 2.24) is 9.55 Å². The summed E-state index contributed by atoms with van der Waals surface area (Å²) < 4.78 is 7.92. The molecule has 0 radical (unpaired) electrons. The second-order valence-electron chi connectivity index (χ2n) is 8.54. The zero-order valence-corrected chi connectivity index (χ0v) is 19.4. The molecule has 168 valence electrons. The van der Waals surface area contributed by atoms with Crippen LogP contribution in [0.5, 0.6) is 5.75 Å². The molecule has 0 aliphatic heterocycles. The molecule has 1 aromatic heterocycles. The highest BCUT2D eigenvalue weighted by Gasteiger charge is 2.10. The van der Waals surface area contributed by atoms with Gasteiger partial charge in [-0.3, -0.25) is 4.79 Å². The molecule has 34 heavy (non-hydrogen) atoms. The van der Waals surface area contributed by atoms with Crippen molar-refractivity contribution >= 4 is 16.6 Å². The number of Topliss-reactive ketones (excluding diaryl/α,β-unsaturated/α-hetero) is 1. The number of hydrogen-bond donors (Lipinski definition) is 0. The summed E-state index contributed by atoms with van der Waals surface area (Å²) in [6.45, 7) is 2.50. The average Bonchev–Trinajstić information content (AvgIpc) is 3.21. The molecule has 0 aliphatic carbocycles. The van der Waals surface area contributed by atoms with E-state index in [0.717, 1.165) is 44.7 Å². The zero-order valence-electron chi connectivity index (χ0n) is 19.4. The fourth-order valence-electron chi connectivity index (χ4n) is 4.10. The first-order valence-corrected chi connectivity index (χ1v) is 11.4. The Morgan fingerprint density at radius 2 is 1.62 bits per heavy atom. The Kier molecular flexibility index (Phi) is 5.96. The van der Waals surface area contributed by atoms with Gasteiger partial charge in [-0.2, -0.15) is 0 Å². The molecule has 0 bridgehead atoms. The zero-order chi connectivity index (χ0) is 23.5. The Labute approximate surface area is 199 Å². The van der Waals surface area contributed by atoms with Crippen LogP contribution in [-0.2, 0) is 20.1 Å². The van der Waals surface area contributed by atoms with E-state index in [0.29, 0.717) is 18.6 Å². The number of rotatable bonds is 7. The van der Waals surface area contributed by atoms with E-state index in [2.05, 4.69) is 39.9 Å². The Hall–Kier alpha value is -4.18. The van der Waals surface area contributed by atoms with Crippen LogP contribution in [0.2, 0.25) is 0 Å². The minimum atomic E-state index is 0.0902. The fraction of sp³-hybridized carbons (Fsp3) is 0.133. The van der Waals surface area contributed by atoms with Crippen LogP contribution in [0, 0.1) is 6.92 Å². The lowest BCUT2D eigenvalue weighted by Crippen LogP contribution is -2.04. The van der Waals surface area contributed by atoms with Crippen LogP contribution < -0.4 is 4.74 Å². The Balaban J connectivity index is 1.29. The van der Waals surface area contributed by atoms with Gasteiger partial charge in [-0.25, -0.2) is 4.98 Å². The van der Waals surface area contributed by atoms with Crippen molar-refractivity contribution in [3.63, 3.8) is 0 Å². The number of carbonyl (C=O) groups excluding carboxylic acids is 1. The molecule has 5 rings (SSSR count). The van der Waals surface area contributed by atoms with Gasteiger partial charge in [0.05, 0.1) is 11.9 Å². The minimum Gasteiger partial charge on any atom is -0.489 e. The van der Waals surface area contributed by atoms with Crippen molar-refractivity contribution in [2.45, 2.75) is 20.0 Å². The van der Waals surface area contributed by atoms with E-state index in [-0.39, 0.29) is 5.78 Å².